The van der Waals surface area contributed by atoms with Gasteiger partial charge in [0, 0.05) is 6.42 Å². The molecule has 0 saturated carbocycles. The van der Waals surface area contributed by atoms with Gasteiger partial charge in [0.25, 0.3) is 0 Å². The van der Waals surface area contributed by atoms with Gasteiger partial charge in [-0.2, -0.15) is 0 Å². The number of hydrogen-bond acceptors (Lipinski definition) is 4. The third-order valence-corrected chi connectivity index (χ3v) is 2.26. The molecule has 0 N–H and O–H groups in total. The normalized spacial score (nSPS) is 25.9. The van der Waals surface area contributed by atoms with Crippen LogP contribution in [-0.2, 0) is 14.4 Å². The molecule has 0 spiro atoms. The third-order valence-electron chi connectivity index (χ3n) is 2.26. The topological polar surface area (TPSA) is 47.9 Å². The van der Waals surface area contributed by atoms with Crippen LogP contribution in [0, 0.1) is 5.92 Å². The lowest BCUT2D eigenvalue weighted by atomic mass is 9.94. The van der Waals surface area contributed by atoms with Gasteiger partial charge < -0.3 is 9.57 Å². The maximum Gasteiger partial charge on any atom is 0.353 e. The second-order valence-corrected chi connectivity index (χ2v) is 3.96. The van der Waals surface area contributed by atoms with Crippen molar-refractivity contribution in [2.75, 3.05) is 6.61 Å². The van der Waals surface area contributed by atoms with Crippen molar-refractivity contribution >= 4 is 11.7 Å². The fourth-order valence-corrected chi connectivity index (χ4v) is 1.27. The highest BCUT2D eigenvalue weighted by Gasteiger charge is 2.43. The quantitative estimate of drug-likeness (QED) is 0.650. The number of rotatable bonds is 3. The zero-order valence-corrected chi connectivity index (χ0v) is 9.16. The van der Waals surface area contributed by atoms with E-state index in [2.05, 4.69) is 5.16 Å². The molecule has 0 bridgehead atoms. The Morgan fingerprint density at radius 1 is 1.71 bits per heavy atom. The van der Waals surface area contributed by atoms with Gasteiger partial charge in [0.15, 0.2) is 0 Å². The summed E-state index contributed by atoms with van der Waals surface area (Å²) < 4.78 is 4.92. The van der Waals surface area contributed by atoms with E-state index < -0.39 is 5.60 Å². The van der Waals surface area contributed by atoms with E-state index in [4.69, 9.17) is 9.57 Å². The molecule has 1 unspecified atom stereocenters. The molecular weight excluding hydrogens is 182 g/mol. The first kappa shape index (κ1) is 11.0. The Hall–Kier alpha value is -1.06. The van der Waals surface area contributed by atoms with Crippen LogP contribution in [-0.4, -0.2) is 23.9 Å². The van der Waals surface area contributed by atoms with Crippen LogP contribution < -0.4 is 0 Å². The fraction of sp³-hybridized carbons (Fsp3) is 0.800. The van der Waals surface area contributed by atoms with Gasteiger partial charge in [-0.25, -0.2) is 4.79 Å². The molecule has 0 aliphatic carbocycles. The average Bonchev–Trinajstić information content (AvgIpc) is 2.50. The highest BCUT2D eigenvalue weighted by Crippen LogP contribution is 2.27. The van der Waals surface area contributed by atoms with Crippen LogP contribution in [0.3, 0.4) is 0 Å². The van der Waals surface area contributed by atoms with Gasteiger partial charge in [0.1, 0.15) is 0 Å². The van der Waals surface area contributed by atoms with Crippen molar-refractivity contribution in [2.45, 2.75) is 39.7 Å². The van der Waals surface area contributed by atoms with E-state index in [-0.39, 0.29) is 5.97 Å². The van der Waals surface area contributed by atoms with Crippen molar-refractivity contribution in [1.82, 2.24) is 0 Å². The molecule has 1 rings (SSSR count). The molecular formula is C10H17NO3. The predicted octanol–water partition coefficient (Wildman–Crippen LogP) is 1.74. The molecule has 0 saturated heterocycles. The Morgan fingerprint density at radius 2 is 2.36 bits per heavy atom. The van der Waals surface area contributed by atoms with Crippen molar-refractivity contribution in [1.29, 1.82) is 0 Å². The molecule has 1 aliphatic heterocycles. The van der Waals surface area contributed by atoms with Crippen molar-refractivity contribution in [3.05, 3.63) is 0 Å². The Kier molecular flexibility index (Phi) is 3.13. The Balaban J connectivity index is 2.61. The van der Waals surface area contributed by atoms with Gasteiger partial charge in [-0.1, -0.05) is 19.0 Å². The zero-order chi connectivity index (χ0) is 10.8. The van der Waals surface area contributed by atoms with Crippen LogP contribution >= 0.6 is 0 Å². The summed E-state index contributed by atoms with van der Waals surface area (Å²) in [7, 11) is 0. The van der Waals surface area contributed by atoms with Crippen LogP contribution in [0.1, 0.15) is 34.1 Å². The third kappa shape index (κ3) is 2.05. The molecule has 80 valence electrons. The smallest absolute Gasteiger partial charge is 0.353 e. The van der Waals surface area contributed by atoms with Crippen molar-refractivity contribution < 1.29 is 14.4 Å². The summed E-state index contributed by atoms with van der Waals surface area (Å²) in [4.78, 5) is 16.7. The minimum Gasteiger partial charge on any atom is -0.463 e. The summed E-state index contributed by atoms with van der Waals surface area (Å²) in [6, 6.07) is 0. The van der Waals surface area contributed by atoms with Crippen molar-refractivity contribution in [2.24, 2.45) is 11.1 Å². The average molecular weight is 199 g/mol. The van der Waals surface area contributed by atoms with Gasteiger partial charge in [0.05, 0.1) is 12.3 Å². The highest BCUT2D eigenvalue weighted by molar-refractivity contribution is 5.94. The number of hydrogen-bond donors (Lipinski definition) is 0. The van der Waals surface area contributed by atoms with Crippen molar-refractivity contribution in [3.63, 3.8) is 0 Å². The molecule has 0 amide bonds. The SMILES string of the molecule is CCOC(=O)C1(C)CC(C(C)C)=NO1. The van der Waals surface area contributed by atoms with E-state index >= 15 is 0 Å². The molecule has 1 atom stereocenters. The fourth-order valence-electron chi connectivity index (χ4n) is 1.27. The number of oxime groups is 1. The van der Waals surface area contributed by atoms with Crippen molar-refractivity contribution in [3.8, 4) is 0 Å². The molecule has 4 heteroatoms. The second-order valence-electron chi connectivity index (χ2n) is 3.96. The first-order chi connectivity index (χ1) is 6.49. The van der Waals surface area contributed by atoms with Gasteiger partial charge >= 0.3 is 5.97 Å². The molecule has 0 aromatic carbocycles. The summed E-state index contributed by atoms with van der Waals surface area (Å²) in [6.07, 6.45) is 0.531. The first-order valence-corrected chi connectivity index (χ1v) is 4.91. The number of nitrogens with zero attached hydrogens (tertiary/aromatic N) is 1. The van der Waals surface area contributed by atoms with E-state index in [0.29, 0.717) is 18.9 Å². The van der Waals surface area contributed by atoms with Crippen LogP contribution in [0.2, 0.25) is 0 Å². The lowest BCUT2D eigenvalue weighted by Crippen LogP contribution is -2.37. The molecule has 1 aliphatic rings. The van der Waals surface area contributed by atoms with Gasteiger partial charge in [-0.3, -0.25) is 0 Å². The summed E-state index contributed by atoms with van der Waals surface area (Å²) in [5, 5.41) is 3.91. The van der Waals surface area contributed by atoms with Gasteiger partial charge in [-0.05, 0) is 19.8 Å². The Bertz CT molecular complexity index is 260. The highest BCUT2D eigenvalue weighted by atomic mass is 16.7. The molecule has 0 fully saturated rings. The lowest BCUT2D eigenvalue weighted by Gasteiger charge is -2.18. The molecule has 4 nitrogen and oxygen atoms in total. The van der Waals surface area contributed by atoms with E-state index in [0.717, 1.165) is 5.71 Å². The van der Waals surface area contributed by atoms with E-state index in [1.165, 1.54) is 0 Å². The number of ether oxygens (including phenoxy) is 1. The first-order valence-electron chi connectivity index (χ1n) is 4.91. The zero-order valence-electron chi connectivity index (χ0n) is 9.16. The largest absolute Gasteiger partial charge is 0.463 e. The summed E-state index contributed by atoms with van der Waals surface area (Å²) in [5.41, 5.74) is 0.0100. The number of carbonyl (C=O) groups excluding carboxylic acids is 1. The predicted molar refractivity (Wildman–Crippen MR) is 53.0 cm³/mol. The van der Waals surface area contributed by atoms with Crippen LogP contribution in [0.15, 0.2) is 5.16 Å². The minimum absolute atomic E-state index is 0.311. The minimum atomic E-state index is -0.907. The maximum atomic E-state index is 11.5. The molecule has 1 heterocycles. The van der Waals surface area contributed by atoms with E-state index in [1.807, 2.05) is 13.8 Å². The van der Waals surface area contributed by atoms with E-state index in [1.54, 1.807) is 13.8 Å². The molecule has 14 heavy (non-hydrogen) atoms. The number of carbonyl (C=O) groups is 1. The molecule has 0 radical (unpaired) electrons. The molecule has 0 aromatic heterocycles. The maximum absolute atomic E-state index is 11.5. The Morgan fingerprint density at radius 3 is 2.79 bits per heavy atom. The van der Waals surface area contributed by atoms with Crippen LogP contribution in [0.25, 0.3) is 0 Å². The molecule has 0 aromatic rings. The standard InChI is InChI=1S/C10H17NO3/c1-5-13-9(12)10(4)6-8(7(2)3)11-14-10/h7H,5-6H2,1-4H3. The van der Waals surface area contributed by atoms with Gasteiger partial charge in [0.2, 0.25) is 5.60 Å². The Labute approximate surface area is 84.3 Å². The second kappa shape index (κ2) is 3.98. The summed E-state index contributed by atoms with van der Waals surface area (Å²) in [6.45, 7) is 7.91. The monoisotopic (exact) mass is 199 g/mol. The van der Waals surface area contributed by atoms with E-state index in [9.17, 15) is 4.79 Å². The van der Waals surface area contributed by atoms with Gasteiger partial charge in [-0.15, -0.1) is 0 Å². The van der Waals surface area contributed by atoms with Crippen LogP contribution in [0.4, 0.5) is 0 Å². The number of esters is 1. The summed E-state index contributed by atoms with van der Waals surface area (Å²) >= 11 is 0. The van der Waals surface area contributed by atoms with Crippen LogP contribution in [0.5, 0.6) is 0 Å². The summed E-state index contributed by atoms with van der Waals surface area (Å²) in [5.74, 6) is -0.0225. The lowest BCUT2D eigenvalue weighted by molar-refractivity contribution is -0.166.